The number of hydrogen-bond donors (Lipinski definition) is 9. The summed E-state index contributed by atoms with van der Waals surface area (Å²) in [6.45, 7) is 3.49. The molecule has 1 aromatic rings. The van der Waals surface area contributed by atoms with Crippen LogP contribution in [0.5, 0.6) is 0 Å². The van der Waals surface area contributed by atoms with Crippen LogP contribution in [-0.2, 0) is 35.2 Å². The molecule has 0 radical (unpaired) electrons. The summed E-state index contributed by atoms with van der Waals surface area (Å²) in [5.74, 6) is -5.32. The molecule has 0 saturated carbocycles. The average Bonchev–Trinajstić information content (AvgIpc) is 3.41. The molecular formula is C25H42N8O8. The van der Waals surface area contributed by atoms with Gasteiger partial charge in [-0.1, -0.05) is 13.8 Å². The average molecular weight is 583 g/mol. The molecular weight excluding hydrogens is 540 g/mol. The summed E-state index contributed by atoms with van der Waals surface area (Å²) in [5.41, 5.74) is 11.7. The number of unbranched alkanes of at least 4 members (excludes halogenated alkanes) is 1. The van der Waals surface area contributed by atoms with Gasteiger partial charge >= 0.3 is 11.9 Å². The fraction of sp³-hybridized carbons (Fsp3) is 0.640. The molecule has 0 aromatic carbocycles. The summed E-state index contributed by atoms with van der Waals surface area (Å²) in [5, 5.41) is 28.1. The fourth-order valence-corrected chi connectivity index (χ4v) is 3.81. The first-order valence-electron chi connectivity index (χ1n) is 13.4. The summed E-state index contributed by atoms with van der Waals surface area (Å²) in [6, 6.07) is -4.61. The van der Waals surface area contributed by atoms with Crippen molar-refractivity contribution in [2.75, 3.05) is 13.1 Å². The number of carbonyl (C=O) groups excluding carboxylic acids is 4. The van der Waals surface area contributed by atoms with E-state index in [1.165, 1.54) is 12.5 Å². The second kappa shape index (κ2) is 18.3. The molecule has 0 fully saturated rings. The summed E-state index contributed by atoms with van der Waals surface area (Å²) in [4.78, 5) is 80.2. The summed E-state index contributed by atoms with van der Waals surface area (Å²) < 4.78 is 0. The molecule has 0 unspecified atom stereocenters. The molecule has 0 aliphatic rings. The number of rotatable bonds is 20. The van der Waals surface area contributed by atoms with Crippen LogP contribution in [-0.4, -0.2) is 93.0 Å². The molecule has 0 bridgehead atoms. The predicted octanol–water partition coefficient (Wildman–Crippen LogP) is -2.03. The molecule has 41 heavy (non-hydrogen) atoms. The standard InChI is InChI=1S/C25H42N8O8/c1-14(2)9-16(27)22(37)32-17(6-7-21(35)36)23(38)29-12-20(34)31-19(10-15-11-28-13-30-15)24(39)33-18(25(40)41)5-3-4-8-26/h11,13-14,16-19H,3-10,12,26-27H2,1-2H3,(H,28,30)(H,29,38)(H,31,34)(H,32,37)(H,33,39)(H,35,36)(H,40,41)/t16-,17-,18-,19-/m0/s1. The molecule has 4 atom stereocenters. The van der Waals surface area contributed by atoms with Crippen molar-refractivity contribution in [1.82, 2.24) is 31.2 Å². The largest absolute Gasteiger partial charge is 0.481 e. The first kappa shape index (κ1) is 35.0. The van der Waals surface area contributed by atoms with Crippen LogP contribution in [0.1, 0.15) is 58.1 Å². The van der Waals surface area contributed by atoms with E-state index in [4.69, 9.17) is 16.6 Å². The lowest BCUT2D eigenvalue weighted by molar-refractivity contribution is -0.142. The van der Waals surface area contributed by atoms with E-state index >= 15 is 0 Å². The molecule has 1 heterocycles. The van der Waals surface area contributed by atoms with Crippen LogP contribution in [0.25, 0.3) is 0 Å². The van der Waals surface area contributed by atoms with Crippen molar-refractivity contribution in [2.24, 2.45) is 17.4 Å². The van der Waals surface area contributed by atoms with E-state index in [-0.39, 0.29) is 25.2 Å². The van der Waals surface area contributed by atoms with Gasteiger partial charge in [-0.15, -0.1) is 0 Å². The highest BCUT2D eigenvalue weighted by Gasteiger charge is 2.28. The second-order valence-corrected chi connectivity index (χ2v) is 10.0. The normalized spacial score (nSPS) is 13.9. The Morgan fingerprint density at radius 3 is 2.17 bits per heavy atom. The third kappa shape index (κ3) is 14.2. The molecule has 0 saturated heterocycles. The molecule has 1 rings (SSSR count). The zero-order valence-electron chi connectivity index (χ0n) is 23.4. The maximum Gasteiger partial charge on any atom is 0.326 e. The minimum absolute atomic E-state index is 0.0742. The van der Waals surface area contributed by atoms with Crippen LogP contribution >= 0.6 is 0 Å². The number of hydrogen-bond acceptors (Lipinski definition) is 9. The number of amides is 4. The maximum atomic E-state index is 13.0. The Morgan fingerprint density at radius 1 is 0.927 bits per heavy atom. The SMILES string of the molecule is CC(C)C[C@H](N)C(=O)N[C@@H](CCC(=O)O)C(=O)NCC(=O)N[C@@H](Cc1c[nH]cn1)C(=O)N[C@@H](CCCCN)C(=O)O. The second-order valence-electron chi connectivity index (χ2n) is 10.0. The predicted molar refractivity (Wildman–Crippen MR) is 146 cm³/mol. The summed E-state index contributed by atoms with van der Waals surface area (Å²) in [6.07, 6.45) is 3.66. The quantitative estimate of drug-likeness (QED) is 0.0756. The molecule has 1 aromatic heterocycles. The summed E-state index contributed by atoms with van der Waals surface area (Å²) in [7, 11) is 0. The van der Waals surface area contributed by atoms with Crippen molar-refractivity contribution in [1.29, 1.82) is 0 Å². The Hall–Kier alpha value is -4.05. The minimum Gasteiger partial charge on any atom is -0.481 e. The number of carboxylic acids is 2. The number of nitrogens with one attached hydrogen (secondary N) is 5. The Balaban J connectivity index is 2.87. The fourth-order valence-electron chi connectivity index (χ4n) is 3.81. The molecule has 0 aliphatic heterocycles. The molecule has 16 heteroatoms. The van der Waals surface area contributed by atoms with Gasteiger partial charge in [0.1, 0.15) is 18.1 Å². The number of aromatic nitrogens is 2. The summed E-state index contributed by atoms with van der Waals surface area (Å²) >= 11 is 0. The maximum absolute atomic E-state index is 13.0. The Morgan fingerprint density at radius 2 is 1.61 bits per heavy atom. The van der Waals surface area contributed by atoms with Crippen molar-refractivity contribution in [3.05, 3.63) is 18.2 Å². The van der Waals surface area contributed by atoms with Crippen LogP contribution in [0, 0.1) is 5.92 Å². The van der Waals surface area contributed by atoms with Crippen LogP contribution in [0.4, 0.5) is 0 Å². The lowest BCUT2D eigenvalue weighted by Gasteiger charge is -2.22. The number of H-pyrrole nitrogens is 1. The number of nitrogens with zero attached hydrogens (tertiary/aromatic N) is 1. The molecule has 4 amide bonds. The van der Waals surface area contributed by atoms with E-state index < -0.39 is 72.7 Å². The first-order valence-corrected chi connectivity index (χ1v) is 13.4. The Kier molecular flexibility index (Phi) is 15.6. The van der Waals surface area contributed by atoms with E-state index in [0.717, 1.165) is 0 Å². The highest BCUT2D eigenvalue weighted by molar-refractivity contribution is 5.94. The van der Waals surface area contributed by atoms with Crippen LogP contribution in [0.3, 0.4) is 0 Å². The highest BCUT2D eigenvalue weighted by atomic mass is 16.4. The van der Waals surface area contributed by atoms with E-state index in [0.29, 0.717) is 31.5 Å². The lowest BCUT2D eigenvalue weighted by Crippen LogP contribution is -2.55. The Bertz CT molecular complexity index is 1020. The zero-order chi connectivity index (χ0) is 30.9. The van der Waals surface area contributed by atoms with Gasteiger partial charge in [-0.05, 0) is 44.6 Å². The molecule has 0 spiro atoms. The third-order valence-electron chi connectivity index (χ3n) is 5.95. The first-order chi connectivity index (χ1) is 19.3. The van der Waals surface area contributed by atoms with E-state index in [9.17, 15) is 33.9 Å². The zero-order valence-corrected chi connectivity index (χ0v) is 23.4. The van der Waals surface area contributed by atoms with Gasteiger partial charge in [-0.3, -0.25) is 24.0 Å². The molecule has 230 valence electrons. The minimum atomic E-state index is -1.27. The molecule has 16 nitrogen and oxygen atoms in total. The van der Waals surface area contributed by atoms with Crippen molar-refractivity contribution in [3.63, 3.8) is 0 Å². The number of carbonyl (C=O) groups is 6. The van der Waals surface area contributed by atoms with Gasteiger partial charge in [0, 0.05) is 19.0 Å². The van der Waals surface area contributed by atoms with Gasteiger partial charge in [0.05, 0.1) is 24.6 Å². The number of aliphatic carboxylic acids is 2. The van der Waals surface area contributed by atoms with E-state index in [1.54, 1.807) is 0 Å². The van der Waals surface area contributed by atoms with Gasteiger partial charge in [-0.25, -0.2) is 9.78 Å². The van der Waals surface area contributed by atoms with Gasteiger partial charge < -0.3 is 47.9 Å². The van der Waals surface area contributed by atoms with Crippen LogP contribution < -0.4 is 32.7 Å². The number of aromatic amines is 1. The van der Waals surface area contributed by atoms with E-state index in [1.807, 2.05) is 13.8 Å². The molecule has 11 N–H and O–H groups in total. The van der Waals surface area contributed by atoms with Gasteiger partial charge in [-0.2, -0.15) is 0 Å². The van der Waals surface area contributed by atoms with Crippen molar-refractivity contribution < 1.29 is 39.0 Å². The topological polar surface area (TPSA) is 272 Å². The van der Waals surface area contributed by atoms with Crippen molar-refractivity contribution in [3.8, 4) is 0 Å². The van der Waals surface area contributed by atoms with Crippen molar-refractivity contribution >= 4 is 35.6 Å². The third-order valence-corrected chi connectivity index (χ3v) is 5.95. The molecule has 0 aliphatic carbocycles. The van der Waals surface area contributed by atoms with Crippen LogP contribution in [0.2, 0.25) is 0 Å². The van der Waals surface area contributed by atoms with Gasteiger partial charge in [0.15, 0.2) is 0 Å². The van der Waals surface area contributed by atoms with Gasteiger partial charge in [0.2, 0.25) is 23.6 Å². The van der Waals surface area contributed by atoms with Crippen molar-refractivity contribution in [2.45, 2.75) is 83.0 Å². The lowest BCUT2D eigenvalue weighted by atomic mass is 10.0. The van der Waals surface area contributed by atoms with Crippen LogP contribution in [0.15, 0.2) is 12.5 Å². The smallest absolute Gasteiger partial charge is 0.326 e. The van der Waals surface area contributed by atoms with E-state index in [2.05, 4.69) is 31.2 Å². The number of nitrogens with two attached hydrogens (primary N) is 2. The van der Waals surface area contributed by atoms with Gasteiger partial charge in [0.25, 0.3) is 0 Å². The number of imidazole rings is 1. The highest BCUT2D eigenvalue weighted by Crippen LogP contribution is 2.06. The monoisotopic (exact) mass is 582 g/mol. The number of carboxylic acid groups (broad SMARTS) is 2. The Labute approximate surface area is 237 Å².